The molecule has 0 fully saturated rings. The van der Waals surface area contributed by atoms with Crippen LogP contribution in [0.5, 0.6) is 0 Å². The van der Waals surface area contributed by atoms with Gasteiger partial charge in [-0.2, -0.15) is 0 Å². The molecule has 0 bridgehead atoms. The highest BCUT2D eigenvalue weighted by Crippen LogP contribution is 1.97. The van der Waals surface area contributed by atoms with Crippen LogP contribution in [-0.4, -0.2) is 33.8 Å². The fourth-order valence-electron chi connectivity index (χ4n) is 1.26. The molecule has 0 unspecified atom stereocenters. The molecule has 0 spiro atoms. The maximum absolute atomic E-state index is 11.2. The molecule has 0 aromatic carbocycles. The number of aromatic carboxylic acids is 1. The predicted octanol–water partition coefficient (Wildman–Crippen LogP) is 0.301. The van der Waals surface area contributed by atoms with Gasteiger partial charge in [0, 0.05) is 26.0 Å². The van der Waals surface area contributed by atoms with Crippen molar-refractivity contribution in [2.45, 2.75) is 19.9 Å². The minimum Gasteiger partial charge on any atom is -0.477 e. The van der Waals surface area contributed by atoms with Gasteiger partial charge in [-0.05, 0) is 13.3 Å². The van der Waals surface area contributed by atoms with E-state index < -0.39 is 11.7 Å². The zero-order valence-electron chi connectivity index (χ0n) is 8.52. The van der Waals surface area contributed by atoms with Crippen molar-refractivity contribution < 1.29 is 14.6 Å². The Balaban J connectivity index is 2.63. The molecule has 0 aliphatic rings. The van der Waals surface area contributed by atoms with Crippen LogP contribution in [0.15, 0.2) is 11.0 Å². The highest BCUT2D eigenvalue weighted by atomic mass is 16.5. The molecule has 0 aliphatic carbocycles. The highest BCUT2D eigenvalue weighted by Gasteiger charge is 2.11. The van der Waals surface area contributed by atoms with E-state index in [0.717, 1.165) is 0 Å². The third kappa shape index (κ3) is 2.95. The molecule has 2 N–H and O–H groups in total. The van der Waals surface area contributed by atoms with Gasteiger partial charge in [-0.3, -0.25) is 4.57 Å². The monoisotopic (exact) mass is 214 g/mol. The molecule has 0 radical (unpaired) electrons. The number of aromatic amines is 1. The fraction of sp³-hybridized carbons (Fsp3) is 0.556. The highest BCUT2D eigenvalue weighted by molar-refractivity contribution is 5.85. The number of imidazole rings is 1. The van der Waals surface area contributed by atoms with Crippen molar-refractivity contribution in [3.05, 3.63) is 22.4 Å². The van der Waals surface area contributed by atoms with E-state index in [9.17, 15) is 9.59 Å². The summed E-state index contributed by atoms with van der Waals surface area (Å²) in [6.07, 6.45) is 1.82. The van der Waals surface area contributed by atoms with Crippen molar-refractivity contribution in [2.24, 2.45) is 0 Å². The van der Waals surface area contributed by atoms with Crippen LogP contribution in [-0.2, 0) is 11.3 Å². The number of carboxylic acid groups (broad SMARTS) is 1. The van der Waals surface area contributed by atoms with Gasteiger partial charge in [0.05, 0.1) is 0 Å². The number of hydrogen-bond donors (Lipinski definition) is 2. The normalized spacial score (nSPS) is 10.5. The SMILES string of the molecule is CCOCCCn1c(C(=O)O)c[nH]c1=O. The summed E-state index contributed by atoms with van der Waals surface area (Å²) in [7, 11) is 0. The van der Waals surface area contributed by atoms with Gasteiger partial charge in [0.15, 0.2) is 0 Å². The molecule has 0 saturated carbocycles. The molecule has 0 atom stereocenters. The second kappa shape index (κ2) is 5.35. The Labute approximate surface area is 86.5 Å². The van der Waals surface area contributed by atoms with Crippen molar-refractivity contribution in [1.29, 1.82) is 0 Å². The van der Waals surface area contributed by atoms with Gasteiger partial charge in [-0.1, -0.05) is 0 Å². The van der Waals surface area contributed by atoms with E-state index in [2.05, 4.69) is 4.98 Å². The smallest absolute Gasteiger partial charge is 0.354 e. The number of rotatable bonds is 6. The summed E-state index contributed by atoms with van der Waals surface area (Å²) in [5.41, 5.74) is -0.416. The number of H-pyrrole nitrogens is 1. The molecule has 1 aromatic heterocycles. The van der Waals surface area contributed by atoms with Crippen molar-refractivity contribution in [2.75, 3.05) is 13.2 Å². The average Bonchev–Trinajstić information content (AvgIpc) is 2.55. The average molecular weight is 214 g/mol. The van der Waals surface area contributed by atoms with Crippen LogP contribution in [0.2, 0.25) is 0 Å². The number of aromatic nitrogens is 2. The fourth-order valence-corrected chi connectivity index (χ4v) is 1.26. The Kier molecular flexibility index (Phi) is 4.11. The van der Waals surface area contributed by atoms with Gasteiger partial charge in [0.1, 0.15) is 5.69 Å². The molecular formula is C9H14N2O4. The van der Waals surface area contributed by atoms with Gasteiger partial charge in [0.25, 0.3) is 0 Å². The Morgan fingerprint density at radius 2 is 2.40 bits per heavy atom. The number of carbonyl (C=O) groups is 1. The van der Waals surface area contributed by atoms with Crippen LogP contribution in [0.1, 0.15) is 23.8 Å². The molecule has 0 amide bonds. The van der Waals surface area contributed by atoms with E-state index in [1.54, 1.807) is 0 Å². The van der Waals surface area contributed by atoms with Crippen LogP contribution in [0.4, 0.5) is 0 Å². The molecule has 15 heavy (non-hydrogen) atoms. The third-order valence-corrected chi connectivity index (χ3v) is 1.96. The van der Waals surface area contributed by atoms with Crippen LogP contribution < -0.4 is 5.69 Å². The predicted molar refractivity (Wildman–Crippen MR) is 53.1 cm³/mol. The summed E-state index contributed by atoms with van der Waals surface area (Å²) in [6, 6.07) is 0. The maximum atomic E-state index is 11.2. The van der Waals surface area contributed by atoms with Gasteiger partial charge >= 0.3 is 11.7 Å². The maximum Gasteiger partial charge on any atom is 0.354 e. The minimum absolute atomic E-state index is 0.0171. The number of nitrogens with one attached hydrogen (secondary N) is 1. The topological polar surface area (TPSA) is 84.3 Å². The van der Waals surface area contributed by atoms with Gasteiger partial charge < -0.3 is 14.8 Å². The molecule has 84 valence electrons. The van der Waals surface area contributed by atoms with E-state index in [1.807, 2.05) is 6.92 Å². The Morgan fingerprint density at radius 1 is 1.67 bits per heavy atom. The lowest BCUT2D eigenvalue weighted by atomic mass is 10.4. The first-order chi connectivity index (χ1) is 7.16. The lowest BCUT2D eigenvalue weighted by molar-refractivity contribution is 0.0683. The van der Waals surface area contributed by atoms with Crippen molar-refractivity contribution in [1.82, 2.24) is 9.55 Å². The Bertz CT molecular complexity index is 380. The largest absolute Gasteiger partial charge is 0.477 e. The molecule has 6 heteroatoms. The van der Waals surface area contributed by atoms with E-state index >= 15 is 0 Å². The first kappa shape index (κ1) is 11.5. The lowest BCUT2D eigenvalue weighted by Crippen LogP contribution is -2.21. The molecule has 1 rings (SSSR count). The first-order valence-corrected chi connectivity index (χ1v) is 4.76. The zero-order valence-corrected chi connectivity index (χ0v) is 8.52. The van der Waals surface area contributed by atoms with Crippen LogP contribution in [0.25, 0.3) is 0 Å². The molecular weight excluding hydrogens is 200 g/mol. The second-order valence-corrected chi connectivity index (χ2v) is 2.99. The molecule has 0 aliphatic heterocycles. The van der Waals surface area contributed by atoms with E-state index in [4.69, 9.17) is 9.84 Å². The standard InChI is InChI=1S/C9H14N2O4/c1-2-15-5-3-4-11-7(8(12)13)6-10-9(11)14/h6H,2-5H2,1H3,(H,10,14)(H,12,13). The third-order valence-electron chi connectivity index (χ3n) is 1.96. The van der Waals surface area contributed by atoms with Crippen molar-refractivity contribution in [3.63, 3.8) is 0 Å². The summed E-state index contributed by atoms with van der Waals surface area (Å²) < 4.78 is 6.29. The van der Waals surface area contributed by atoms with Crippen LogP contribution in [0.3, 0.4) is 0 Å². The molecule has 6 nitrogen and oxygen atoms in total. The van der Waals surface area contributed by atoms with Crippen LogP contribution in [0, 0.1) is 0 Å². The van der Waals surface area contributed by atoms with E-state index in [1.165, 1.54) is 10.8 Å². The van der Waals surface area contributed by atoms with E-state index in [0.29, 0.717) is 26.2 Å². The number of carboxylic acids is 1. The number of nitrogens with zero attached hydrogens (tertiary/aromatic N) is 1. The first-order valence-electron chi connectivity index (χ1n) is 4.76. The van der Waals surface area contributed by atoms with Crippen molar-refractivity contribution in [3.8, 4) is 0 Å². The quantitative estimate of drug-likeness (QED) is 0.667. The Morgan fingerprint density at radius 3 is 3.00 bits per heavy atom. The summed E-state index contributed by atoms with van der Waals surface area (Å²) in [4.78, 5) is 24.3. The molecule has 0 saturated heterocycles. The lowest BCUT2D eigenvalue weighted by Gasteiger charge is -2.03. The zero-order chi connectivity index (χ0) is 11.3. The number of ether oxygens (including phenoxy) is 1. The van der Waals surface area contributed by atoms with Crippen molar-refractivity contribution >= 4 is 5.97 Å². The Hall–Kier alpha value is -1.56. The summed E-state index contributed by atoms with van der Waals surface area (Å²) >= 11 is 0. The summed E-state index contributed by atoms with van der Waals surface area (Å²) in [5, 5.41) is 8.77. The van der Waals surface area contributed by atoms with Crippen LogP contribution >= 0.6 is 0 Å². The van der Waals surface area contributed by atoms with E-state index in [-0.39, 0.29) is 5.69 Å². The second-order valence-electron chi connectivity index (χ2n) is 2.99. The summed E-state index contributed by atoms with van der Waals surface area (Å²) in [6.45, 7) is 3.37. The molecule has 1 aromatic rings. The minimum atomic E-state index is -1.11. The number of hydrogen-bond acceptors (Lipinski definition) is 3. The molecule has 1 heterocycles. The van der Waals surface area contributed by atoms with Gasteiger partial charge in [-0.25, -0.2) is 9.59 Å². The van der Waals surface area contributed by atoms with Gasteiger partial charge in [0.2, 0.25) is 0 Å². The van der Waals surface area contributed by atoms with Gasteiger partial charge in [-0.15, -0.1) is 0 Å². The summed E-state index contributed by atoms with van der Waals surface area (Å²) in [5.74, 6) is -1.11.